The van der Waals surface area contributed by atoms with Crippen molar-refractivity contribution in [2.45, 2.75) is 44.4 Å². The second-order valence-corrected chi connectivity index (χ2v) is 6.95. The number of aliphatic hydroxyl groups is 1. The van der Waals surface area contributed by atoms with Crippen LogP contribution in [0.4, 0.5) is 0 Å². The molecule has 1 N–H and O–H groups in total. The summed E-state index contributed by atoms with van der Waals surface area (Å²) in [5.74, 6) is 1.68. The summed E-state index contributed by atoms with van der Waals surface area (Å²) >= 11 is 0. The molecule has 1 saturated carbocycles. The molecule has 0 bridgehead atoms. The van der Waals surface area contributed by atoms with Gasteiger partial charge in [0, 0.05) is 44.8 Å². The fraction of sp³-hybridized carbons (Fsp3) is 0.684. The van der Waals surface area contributed by atoms with Gasteiger partial charge in [0.15, 0.2) is 0 Å². The van der Waals surface area contributed by atoms with E-state index in [9.17, 15) is 5.11 Å². The highest BCUT2D eigenvalue weighted by Gasteiger charge is 2.30. The quantitative estimate of drug-likeness (QED) is 0.894. The summed E-state index contributed by atoms with van der Waals surface area (Å²) in [5.41, 5.74) is 1.22. The average Bonchev–Trinajstić information content (AvgIpc) is 2.62. The van der Waals surface area contributed by atoms with Crippen LogP contribution < -0.4 is 9.47 Å². The molecule has 134 valence electrons. The zero-order valence-electron chi connectivity index (χ0n) is 14.9. The van der Waals surface area contributed by atoms with Gasteiger partial charge in [0.2, 0.25) is 0 Å². The number of ether oxygens (including phenoxy) is 2. The van der Waals surface area contributed by atoms with E-state index in [1.807, 2.05) is 6.07 Å². The Morgan fingerprint density at radius 2 is 1.58 bits per heavy atom. The van der Waals surface area contributed by atoms with Crippen molar-refractivity contribution >= 4 is 0 Å². The molecule has 2 unspecified atom stereocenters. The molecule has 5 nitrogen and oxygen atoms in total. The second kappa shape index (κ2) is 8.19. The van der Waals surface area contributed by atoms with Crippen molar-refractivity contribution in [3.63, 3.8) is 0 Å². The van der Waals surface area contributed by atoms with Gasteiger partial charge in [0.05, 0.1) is 20.3 Å². The summed E-state index contributed by atoms with van der Waals surface area (Å²) in [6.45, 7) is 5.09. The van der Waals surface area contributed by atoms with Crippen LogP contribution in [0, 0.1) is 0 Å². The molecule has 2 fully saturated rings. The lowest BCUT2D eigenvalue weighted by Gasteiger charge is -2.42. The number of hydrogen-bond donors (Lipinski definition) is 1. The van der Waals surface area contributed by atoms with E-state index in [2.05, 4.69) is 21.9 Å². The topological polar surface area (TPSA) is 45.2 Å². The smallest absolute Gasteiger partial charge is 0.122 e. The summed E-state index contributed by atoms with van der Waals surface area (Å²) < 4.78 is 10.7. The molecule has 1 aromatic carbocycles. The average molecular weight is 334 g/mol. The van der Waals surface area contributed by atoms with E-state index in [4.69, 9.17) is 9.47 Å². The van der Waals surface area contributed by atoms with Crippen molar-refractivity contribution in [2.24, 2.45) is 0 Å². The normalized spacial score (nSPS) is 26.3. The van der Waals surface area contributed by atoms with Crippen molar-refractivity contribution < 1.29 is 14.6 Å². The number of methoxy groups -OCH3 is 2. The Balaban J connectivity index is 1.55. The standard InChI is InChI=1S/C19H30N2O3/c1-23-16-11-15(12-17(13-16)24-2)14-20-7-9-21(10-8-20)18-5-3-4-6-19(18)22/h11-13,18-19,22H,3-10,14H2,1-2H3. The highest BCUT2D eigenvalue weighted by molar-refractivity contribution is 5.38. The van der Waals surface area contributed by atoms with Crippen LogP contribution in [-0.2, 0) is 6.54 Å². The van der Waals surface area contributed by atoms with Crippen LogP contribution in [0.15, 0.2) is 18.2 Å². The molecular formula is C19H30N2O3. The number of benzene rings is 1. The lowest BCUT2D eigenvalue weighted by molar-refractivity contribution is -0.00473. The first-order chi connectivity index (χ1) is 11.7. The van der Waals surface area contributed by atoms with Gasteiger partial charge in [-0.2, -0.15) is 0 Å². The van der Waals surface area contributed by atoms with Crippen molar-refractivity contribution in [1.29, 1.82) is 0 Å². The minimum Gasteiger partial charge on any atom is -0.497 e. The zero-order chi connectivity index (χ0) is 16.9. The van der Waals surface area contributed by atoms with E-state index in [1.165, 1.54) is 18.4 Å². The summed E-state index contributed by atoms with van der Waals surface area (Å²) in [6.07, 6.45) is 4.41. The van der Waals surface area contributed by atoms with Gasteiger partial charge in [-0.3, -0.25) is 9.80 Å². The fourth-order valence-electron chi connectivity index (χ4n) is 3.99. The molecule has 0 amide bonds. The van der Waals surface area contributed by atoms with Crippen LogP contribution >= 0.6 is 0 Å². The van der Waals surface area contributed by atoms with Crippen molar-refractivity contribution in [3.8, 4) is 11.5 Å². The van der Waals surface area contributed by atoms with E-state index in [-0.39, 0.29) is 6.10 Å². The Morgan fingerprint density at radius 1 is 0.958 bits per heavy atom. The summed E-state index contributed by atoms with van der Waals surface area (Å²) in [6, 6.07) is 6.45. The van der Waals surface area contributed by atoms with Gasteiger partial charge in [-0.25, -0.2) is 0 Å². The number of rotatable bonds is 5. The maximum Gasteiger partial charge on any atom is 0.122 e. The lowest BCUT2D eigenvalue weighted by atomic mass is 9.91. The monoisotopic (exact) mass is 334 g/mol. The minimum absolute atomic E-state index is 0.132. The third-order valence-corrected chi connectivity index (χ3v) is 5.39. The van der Waals surface area contributed by atoms with Crippen LogP contribution in [-0.4, -0.2) is 67.5 Å². The number of nitrogens with zero attached hydrogens (tertiary/aromatic N) is 2. The van der Waals surface area contributed by atoms with Crippen LogP contribution in [0.25, 0.3) is 0 Å². The largest absolute Gasteiger partial charge is 0.497 e. The highest BCUT2D eigenvalue weighted by Crippen LogP contribution is 2.26. The molecule has 1 heterocycles. The zero-order valence-corrected chi connectivity index (χ0v) is 14.9. The molecule has 1 aliphatic heterocycles. The highest BCUT2D eigenvalue weighted by atomic mass is 16.5. The SMILES string of the molecule is COc1cc(CN2CCN(C3CCCCC3O)CC2)cc(OC)c1. The summed E-state index contributed by atoms with van der Waals surface area (Å²) in [7, 11) is 3.37. The summed E-state index contributed by atoms with van der Waals surface area (Å²) in [5, 5.41) is 10.3. The molecular weight excluding hydrogens is 304 g/mol. The molecule has 5 heteroatoms. The van der Waals surface area contributed by atoms with Crippen molar-refractivity contribution in [1.82, 2.24) is 9.80 Å². The molecule has 2 aliphatic rings. The Hall–Kier alpha value is -1.30. The van der Waals surface area contributed by atoms with Gasteiger partial charge >= 0.3 is 0 Å². The van der Waals surface area contributed by atoms with E-state index >= 15 is 0 Å². The third-order valence-electron chi connectivity index (χ3n) is 5.39. The molecule has 1 aromatic rings. The molecule has 0 radical (unpaired) electrons. The maximum atomic E-state index is 10.3. The molecule has 1 saturated heterocycles. The second-order valence-electron chi connectivity index (χ2n) is 6.95. The van der Waals surface area contributed by atoms with Gasteiger partial charge in [-0.1, -0.05) is 12.8 Å². The molecule has 2 atom stereocenters. The Kier molecular flexibility index (Phi) is 5.98. The van der Waals surface area contributed by atoms with Crippen LogP contribution in [0.2, 0.25) is 0 Å². The van der Waals surface area contributed by atoms with Crippen LogP contribution in [0.5, 0.6) is 11.5 Å². The molecule has 24 heavy (non-hydrogen) atoms. The Labute approximate surface area is 145 Å². The van der Waals surface area contributed by atoms with Crippen molar-refractivity contribution in [3.05, 3.63) is 23.8 Å². The first-order valence-electron chi connectivity index (χ1n) is 9.06. The van der Waals surface area contributed by atoms with Gasteiger partial charge in [-0.15, -0.1) is 0 Å². The molecule has 0 spiro atoms. The van der Waals surface area contributed by atoms with E-state index in [1.54, 1.807) is 14.2 Å². The van der Waals surface area contributed by atoms with Crippen molar-refractivity contribution in [2.75, 3.05) is 40.4 Å². The van der Waals surface area contributed by atoms with E-state index in [0.29, 0.717) is 6.04 Å². The fourth-order valence-corrected chi connectivity index (χ4v) is 3.99. The van der Waals surface area contributed by atoms with E-state index < -0.39 is 0 Å². The first kappa shape index (κ1) is 17.5. The van der Waals surface area contributed by atoms with Gasteiger partial charge < -0.3 is 14.6 Å². The number of piperazine rings is 1. The van der Waals surface area contributed by atoms with E-state index in [0.717, 1.165) is 57.1 Å². The van der Waals surface area contributed by atoms with Crippen LogP contribution in [0.3, 0.4) is 0 Å². The predicted molar refractivity (Wildman–Crippen MR) is 94.7 cm³/mol. The Bertz CT molecular complexity index is 507. The molecule has 3 rings (SSSR count). The predicted octanol–water partition coefficient (Wildman–Crippen LogP) is 2.12. The first-order valence-corrected chi connectivity index (χ1v) is 9.06. The minimum atomic E-state index is -0.132. The number of aliphatic hydroxyl groups excluding tert-OH is 1. The number of hydrogen-bond acceptors (Lipinski definition) is 5. The van der Waals surface area contributed by atoms with Crippen LogP contribution in [0.1, 0.15) is 31.2 Å². The molecule has 1 aliphatic carbocycles. The lowest BCUT2D eigenvalue weighted by Crippen LogP contribution is -2.54. The molecule has 0 aromatic heterocycles. The van der Waals surface area contributed by atoms with Gasteiger partial charge in [-0.05, 0) is 30.5 Å². The summed E-state index contributed by atoms with van der Waals surface area (Å²) in [4.78, 5) is 4.96. The maximum absolute atomic E-state index is 10.3. The Morgan fingerprint density at radius 3 is 2.17 bits per heavy atom. The third kappa shape index (κ3) is 4.21. The van der Waals surface area contributed by atoms with Gasteiger partial charge in [0.25, 0.3) is 0 Å². The van der Waals surface area contributed by atoms with Gasteiger partial charge in [0.1, 0.15) is 11.5 Å².